The van der Waals surface area contributed by atoms with Crippen molar-refractivity contribution >= 4 is 5.69 Å². The summed E-state index contributed by atoms with van der Waals surface area (Å²) in [4.78, 5) is 13.3. The van der Waals surface area contributed by atoms with E-state index in [4.69, 9.17) is 6.42 Å². The molecular formula is C7H4N2O2. The molecule has 0 amide bonds. The van der Waals surface area contributed by atoms with E-state index >= 15 is 0 Å². The van der Waals surface area contributed by atoms with Gasteiger partial charge in [0, 0.05) is 6.20 Å². The molecule has 0 saturated heterocycles. The molecule has 4 heteroatoms. The van der Waals surface area contributed by atoms with Gasteiger partial charge in [0.05, 0.1) is 4.92 Å². The second-order valence-corrected chi connectivity index (χ2v) is 1.79. The van der Waals surface area contributed by atoms with Crippen LogP contribution in [0.25, 0.3) is 0 Å². The zero-order chi connectivity index (χ0) is 8.27. The van der Waals surface area contributed by atoms with E-state index in [0.717, 1.165) is 6.20 Å². The van der Waals surface area contributed by atoms with Gasteiger partial charge in [-0.3, -0.25) is 15.1 Å². The zero-order valence-corrected chi connectivity index (χ0v) is 5.52. The maximum Gasteiger partial charge on any atom is 0.303 e. The molecule has 0 bridgehead atoms. The van der Waals surface area contributed by atoms with E-state index in [2.05, 4.69) is 10.9 Å². The predicted octanol–water partition coefficient (Wildman–Crippen LogP) is 0.971. The summed E-state index contributed by atoms with van der Waals surface area (Å²) in [5.74, 6) is 2.20. The van der Waals surface area contributed by atoms with Crippen LogP contribution in [0.3, 0.4) is 0 Å². The lowest BCUT2D eigenvalue weighted by molar-refractivity contribution is -0.385. The van der Waals surface area contributed by atoms with Gasteiger partial charge in [-0.05, 0) is 6.07 Å². The fourth-order valence-electron chi connectivity index (χ4n) is 0.654. The Bertz CT molecular complexity index is 327. The first-order valence-corrected chi connectivity index (χ1v) is 2.80. The Morgan fingerprint density at radius 3 is 2.91 bits per heavy atom. The monoisotopic (exact) mass is 148 g/mol. The molecule has 0 spiro atoms. The summed E-state index contributed by atoms with van der Waals surface area (Å²) < 4.78 is 0. The van der Waals surface area contributed by atoms with Crippen molar-refractivity contribution in [1.29, 1.82) is 0 Å². The number of nitrogens with zero attached hydrogens (tertiary/aromatic N) is 2. The largest absolute Gasteiger partial charge is 0.303 e. The highest BCUT2D eigenvalue weighted by Crippen LogP contribution is 2.13. The molecule has 1 rings (SSSR count). The van der Waals surface area contributed by atoms with Gasteiger partial charge in [-0.15, -0.1) is 6.42 Å². The predicted molar refractivity (Wildman–Crippen MR) is 38.8 cm³/mol. The third-order valence-corrected chi connectivity index (χ3v) is 1.15. The van der Waals surface area contributed by atoms with Gasteiger partial charge in [0.2, 0.25) is 0 Å². The first-order chi connectivity index (χ1) is 5.25. The molecule has 0 unspecified atom stereocenters. The summed E-state index contributed by atoms with van der Waals surface area (Å²) in [7, 11) is 0. The maximum atomic E-state index is 10.3. The topological polar surface area (TPSA) is 56.0 Å². The molecule has 54 valence electrons. The first-order valence-electron chi connectivity index (χ1n) is 2.80. The van der Waals surface area contributed by atoms with Crippen LogP contribution >= 0.6 is 0 Å². The average Bonchev–Trinajstić information content (AvgIpc) is 2.04. The highest BCUT2D eigenvalue weighted by atomic mass is 16.6. The van der Waals surface area contributed by atoms with Gasteiger partial charge in [-0.2, -0.15) is 0 Å². The van der Waals surface area contributed by atoms with E-state index in [9.17, 15) is 10.1 Å². The van der Waals surface area contributed by atoms with Crippen LogP contribution in [0.15, 0.2) is 18.5 Å². The summed E-state index contributed by atoms with van der Waals surface area (Å²) in [6.45, 7) is 0. The van der Waals surface area contributed by atoms with Gasteiger partial charge in [-0.25, -0.2) is 0 Å². The van der Waals surface area contributed by atoms with Crippen molar-refractivity contribution in [2.24, 2.45) is 0 Å². The SMILES string of the molecule is C#Cc1ccncc1[N+](=O)[O-]. The van der Waals surface area contributed by atoms with Crippen molar-refractivity contribution in [2.45, 2.75) is 0 Å². The number of hydrogen-bond acceptors (Lipinski definition) is 3. The highest BCUT2D eigenvalue weighted by molar-refractivity contribution is 5.47. The Morgan fingerprint density at radius 1 is 1.73 bits per heavy atom. The number of hydrogen-bond donors (Lipinski definition) is 0. The molecule has 0 N–H and O–H groups in total. The van der Waals surface area contributed by atoms with Crippen LogP contribution in [-0.2, 0) is 0 Å². The van der Waals surface area contributed by atoms with Crippen LogP contribution < -0.4 is 0 Å². The Morgan fingerprint density at radius 2 is 2.45 bits per heavy atom. The van der Waals surface area contributed by atoms with Crippen molar-refractivity contribution in [3.05, 3.63) is 34.1 Å². The van der Waals surface area contributed by atoms with Crippen LogP contribution in [-0.4, -0.2) is 9.91 Å². The smallest absolute Gasteiger partial charge is 0.258 e. The minimum Gasteiger partial charge on any atom is -0.258 e. The van der Waals surface area contributed by atoms with E-state index in [1.807, 2.05) is 0 Å². The number of nitro groups is 1. The molecule has 1 heterocycles. The molecule has 0 aliphatic rings. The lowest BCUT2D eigenvalue weighted by atomic mass is 10.2. The average molecular weight is 148 g/mol. The lowest BCUT2D eigenvalue weighted by Crippen LogP contribution is -1.92. The normalized spacial score (nSPS) is 8.64. The van der Waals surface area contributed by atoms with Crippen molar-refractivity contribution in [1.82, 2.24) is 4.98 Å². The van der Waals surface area contributed by atoms with Crippen molar-refractivity contribution < 1.29 is 4.92 Å². The van der Waals surface area contributed by atoms with Gasteiger partial charge >= 0.3 is 5.69 Å². The number of aromatic nitrogens is 1. The molecule has 0 atom stereocenters. The molecule has 4 nitrogen and oxygen atoms in total. The molecule has 0 fully saturated rings. The third kappa shape index (κ3) is 1.33. The van der Waals surface area contributed by atoms with Gasteiger partial charge < -0.3 is 0 Å². The van der Waals surface area contributed by atoms with Crippen LogP contribution in [0, 0.1) is 22.5 Å². The Kier molecular flexibility index (Phi) is 1.83. The second kappa shape index (κ2) is 2.80. The second-order valence-electron chi connectivity index (χ2n) is 1.79. The zero-order valence-electron chi connectivity index (χ0n) is 5.52. The Labute approximate surface area is 63.0 Å². The summed E-state index contributed by atoms with van der Waals surface area (Å²) in [5, 5.41) is 10.3. The minimum absolute atomic E-state index is 0.130. The van der Waals surface area contributed by atoms with Gasteiger partial charge in [0.25, 0.3) is 0 Å². The summed E-state index contributed by atoms with van der Waals surface area (Å²) in [6.07, 6.45) is 7.56. The Balaban J connectivity index is 3.26. The highest BCUT2D eigenvalue weighted by Gasteiger charge is 2.09. The molecule has 0 radical (unpaired) electrons. The standard InChI is InChI=1S/C7H4N2O2/c1-2-6-3-4-8-5-7(6)9(10)11/h1,3-5H. The molecule has 0 aliphatic heterocycles. The third-order valence-electron chi connectivity index (χ3n) is 1.15. The molecule has 11 heavy (non-hydrogen) atoms. The number of rotatable bonds is 1. The molecule has 0 aromatic carbocycles. The summed E-state index contributed by atoms with van der Waals surface area (Å²) >= 11 is 0. The van der Waals surface area contributed by atoms with Gasteiger partial charge in [-0.1, -0.05) is 5.92 Å². The Hall–Kier alpha value is -1.89. The maximum absolute atomic E-state index is 10.3. The van der Waals surface area contributed by atoms with Crippen molar-refractivity contribution in [2.75, 3.05) is 0 Å². The molecule has 0 saturated carbocycles. The number of terminal acetylenes is 1. The minimum atomic E-state index is -0.553. The molecule has 1 aromatic heterocycles. The van der Waals surface area contributed by atoms with Crippen LogP contribution in [0.2, 0.25) is 0 Å². The fourth-order valence-corrected chi connectivity index (χ4v) is 0.654. The molecule has 1 aromatic rings. The summed E-state index contributed by atoms with van der Waals surface area (Å²) in [6, 6.07) is 1.43. The van der Waals surface area contributed by atoms with Crippen LogP contribution in [0.4, 0.5) is 5.69 Å². The van der Waals surface area contributed by atoms with E-state index in [1.165, 1.54) is 12.3 Å². The van der Waals surface area contributed by atoms with Crippen LogP contribution in [0.5, 0.6) is 0 Å². The van der Waals surface area contributed by atoms with E-state index in [0.29, 0.717) is 0 Å². The first kappa shape index (κ1) is 7.22. The van der Waals surface area contributed by atoms with Crippen molar-refractivity contribution in [3.8, 4) is 12.3 Å². The van der Waals surface area contributed by atoms with E-state index in [1.54, 1.807) is 0 Å². The lowest BCUT2D eigenvalue weighted by Gasteiger charge is -1.91. The number of pyridine rings is 1. The van der Waals surface area contributed by atoms with Gasteiger partial charge in [0.15, 0.2) is 0 Å². The molecular weight excluding hydrogens is 144 g/mol. The molecule has 0 aliphatic carbocycles. The van der Waals surface area contributed by atoms with Crippen molar-refractivity contribution in [3.63, 3.8) is 0 Å². The quantitative estimate of drug-likeness (QED) is 0.338. The summed E-state index contributed by atoms with van der Waals surface area (Å²) in [5.41, 5.74) is 0.125. The van der Waals surface area contributed by atoms with E-state index in [-0.39, 0.29) is 11.3 Å². The van der Waals surface area contributed by atoms with Crippen LogP contribution in [0.1, 0.15) is 5.56 Å². The van der Waals surface area contributed by atoms with Gasteiger partial charge in [0.1, 0.15) is 11.8 Å². The van der Waals surface area contributed by atoms with E-state index < -0.39 is 4.92 Å². The fraction of sp³-hybridized carbons (Fsp3) is 0.